The summed E-state index contributed by atoms with van der Waals surface area (Å²) in [7, 11) is 0. The summed E-state index contributed by atoms with van der Waals surface area (Å²) in [5.74, 6) is -0.303. The van der Waals surface area contributed by atoms with Crippen LogP contribution in [0.25, 0.3) is 6.08 Å². The first-order valence-corrected chi connectivity index (χ1v) is 8.59. The summed E-state index contributed by atoms with van der Waals surface area (Å²) in [4.78, 5) is 36.9. The molecule has 4 amide bonds. The standard InChI is InChI=1S/C20H19N3O5/c1-2-27-17-11-13(8-9-16(17)28-12-18(21)24)10-15-19(25)23(20(26)22-15)14-6-4-3-5-7-14/h3-11H,2,12H2,1H3,(H2,21,24)(H,22,26)/b15-10+. The molecular weight excluding hydrogens is 362 g/mol. The molecule has 1 heterocycles. The number of hydrogen-bond donors (Lipinski definition) is 2. The van der Waals surface area contributed by atoms with Gasteiger partial charge in [0, 0.05) is 0 Å². The second-order valence-electron chi connectivity index (χ2n) is 5.86. The van der Waals surface area contributed by atoms with E-state index in [9.17, 15) is 14.4 Å². The smallest absolute Gasteiger partial charge is 0.333 e. The molecule has 0 aliphatic carbocycles. The molecule has 0 saturated carbocycles. The van der Waals surface area contributed by atoms with Crippen LogP contribution in [0, 0.1) is 0 Å². The van der Waals surface area contributed by atoms with Crippen LogP contribution < -0.4 is 25.4 Å². The molecule has 1 fully saturated rings. The summed E-state index contributed by atoms with van der Waals surface area (Å²) in [6, 6.07) is 13.1. The number of carbonyl (C=O) groups is 3. The number of amides is 4. The van der Waals surface area contributed by atoms with Crippen molar-refractivity contribution < 1.29 is 23.9 Å². The zero-order chi connectivity index (χ0) is 20.1. The number of carbonyl (C=O) groups excluding carboxylic acids is 3. The lowest BCUT2D eigenvalue weighted by Gasteiger charge is -2.12. The highest BCUT2D eigenvalue weighted by Crippen LogP contribution is 2.30. The molecule has 2 aromatic carbocycles. The molecule has 0 bridgehead atoms. The van der Waals surface area contributed by atoms with Crippen molar-refractivity contribution in [2.24, 2.45) is 5.73 Å². The van der Waals surface area contributed by atoms with Gasteiger partial charge >= 0.3 is 6.03 Å². The lowest BCUT2D eigenvalue weighted by Crippen LogP contribution is -2.30. The molecule has 3 N–H and O–H groups in total. The Kier molecular flexibility index (Phi) is 5.59. The van der Waals surface area contributed by atoms with Gasteiger partial charge in [-0.25, -0.2) is 9.69 Å². The number of urea groups is 1. The van der Waals surface area contributed by atoms with Gasteiger partial charge in [0.2, 0.25) is 0 Å². The normalized spacial score (nSPS) is 14.9. The van der Waals surface area contributed by atoms with E-state index in [4.69, 9.17) is 15.2 Å². The van der Waals surface area contributed by atoms with Gasteiger partial charge < -0.3 is 20.5 Å². The Hall–Kier alpha value is -3.81. The lowest BCUT2D eigenvalue weighted by atomic mass is 10.1. The summed E-state index contributed by atoms with van der Waals surface area (Å²) in [5.41, 5.74) is 6.34. The fourth-order valence-electron chi connectivity index (χ4n) is 2.66. The first-order valence-electron chi connectivity index (χ1n) is 8.59. The van der Waals surface area contributed by atoms with Crippen LogP contribution in [0.5, 0.6) is 11.5 Å². The number of benzene rings is 2. The Morgan fingerprint density at radius 3 is 2.54 bits per heavy atom. The van der Waals surface area contributed by atoms with Gasteiger partial charge in [-0.15, -0.1) is 0 Å². The van der Waals surface area contributed by atoms with Gasteiger partial charge in [-0.05, 0) is 42.8 Å². The predicted octanol–water partition coefficient (Wildman–Crippen LogP) is 2.05. The van der Waals surface area contributed by atoms with E-state index in [2.05, 4.69) is 5.32 Å². The molecule has 8 nitrogen and oxygen atoms in total. The first kappa shape index (κ1) is 19.0. The summed E-state index contributed by atoms with van der Waals surface area (Å²) in [6.07, 6.45) is 1.55. The van der Waals surface area contributed by atoms with Gasteiger partial charge in [0.1, 0.15) is 5.70 Å². The highest BCUT2D eigenvalue weighted by molar-refractivity contribution is 6.28. The van der Waals surface area contributed by atoms with Crippen LogP contribution in [0.15, 0.2) is 54.2 Å². The Morgan fingerprint density at radius 2 is 1.86 bits per heavy atom. The van der Waals surface area contributed by atoms with Crippen molar-refractivity contribution in [1.29, 1.82) is 0 Å². The van der Waals surface area contributed by atoms with E-state index >= 15 is 0 Å². The van der Waals surface area contributed by atoms with E-state index in [1.165, 1.54) is 0 Å². The Bertz CT molecular complexity index is 940. The number of nitrogens with two attached hydrogens (primary N) is 1. The topological polar surface area (TPSA) is 111 Å². The number of nitrogens with zero attached hydrogens (tertiary/aromatic N) is 1. The molecule has 0 spiro atoms. The molecule has 1 aliphatic rings. The number of ether oxygens (including phenoxy) is 2. The third-order valence-corrected chi connectivity index (χ3v) is 3.84. The first-order chi connectivity index (χ1) is 13.5. The van der Waals surface area contributed by atoms with Gasteiger partial charge in [0.05, 0.1) is 12.3 Å². The van der Waals surface area contributed by atoms with Crippen LogP contribution in [0.1, 0.15) is 12.5 Å². The maximum Gasteiger partial charge on any atom is 0.333 e. The summed E-state index contributed by atoms with van der Waals surface area (Å²) < 4.78 is 10.8. The van der Waals surface area contributed by atoms with Gasteiger partial charge in [0.25, 0.3) is 11.8 Å². The molecule has 0 radical (unpaired) electrons. The monoisotopic (exact) mass is 381 g/mol. The van der Waals surface area contributed by atoms with Gasteiger partial charge in [-0.2, -0.15) is 0 Å². The zero-order valence-electron chi connectivity index (χ0n) is 15.2. The van der Waals surface area contributed by atoms with E-state index < -0.39 is 17.8 Å². The second-order valence-corrected chi connectivity index (χ2v) is 5.86. The van der Waals surface area contributed by atoms with E-state index in [0.29, 0.717) is 29.4 Å². The van der Waals surface area contributed by atoms with Crippen LogP contribution in [-0.4, -0.2) is 31.1 Å². The van der Waals surface area contributed by atoms with E-state index in [1.807, 2.05) is 6.92 Å². The average molecular weight is 381 g/mol. The van der Waals surface area contributed by atoms with Gasteiger partial charge in [-0.3, -0.25) is 9.59 Å². The molecule has 28 heavy (non-hydrogen) atoms. The van der Waals surface area contributed by atoms with Crippen LogP contribution in [0.3, 0.4) is 0 Å². The third-order valence-electron chi connectivity index (χ3n) is 3.84. The number of anilines is 1. The zero-order valence-corrected chi connectivity index (χ0v) is 15.2. The average Bonchev–Trinajstić information content (AvgIpc) is 2.95. The fraction of sp³-hybridized carbons (Fsp3) is 0.150. The van der Waals surface area contributed by atoms with Crippen LogP contribution in [-0.2, 0) is 9.59 Å². The minimum atomic E-state index is -0.603. The molecule has 3 rings (SSSR count). The molecule has 1 aliphatic heterocycles. The van der Waals surface area contributed by atoms with Gasteiger partial charge in [-0.1, -0.05) is 24.3 Å². The van der Waals surface area contributed by atoms with Crippen molar-refractivity contribution in [3.63, 3.8) is 0 Å². The molecule has 2 aromatic rings. The van der Waals surface area contributed by atoms with Crippen molar-refractivity contribution in [2.75, 3.05) is 18.1 Å². The number of rotatable bonds is 7. The van der Waals surface area contributed by atoms with Crippen LogP contribution in [0.4, 0.5) is 10.5 Å². The highest BCUT2D eigenvalue weighted by Gasteiger charge is 2.34. The third kappa shape index (κ3) is 4.12. The quantitative estimate of drug-likeness (QED) is 0.563. The molecular formula is C20H19N3O5. The van der Waals surface area contributed by atoms with E-state index in [1.54, 1.807) is 54.6 Å². The van der Waals surface area contributed by atoms with Crippen LogP contribution in [0.2, 0.25) is 0 Å². The van der Waals surface area contributed by atoms with Crippen molar-refractivity contribution in [1.82, 2.24) is 5.32 Å². The molecule has 1 saturated heterocycles. The Labute approximate surface area is 161 Å². The van der Waals surface area contributed by atoms with Crippen molar-refractivity contribution in [3.8, 4) is 11.5 Å². The SMILES string of the molecule is CCOc1cc(/C=C2/NC(=O)N(c3ccccc3)C2=O)ccc1OCC(N)=O. The maximum absolute atomic E-state index is 12.6. The van der Waals surface area contributed by atoms with E-state index in [0.717, 1.165) is 4.90 Å². The molecule has 0 aromatic heterocycles. The number of hydrogen-bond acceptors (Lipinski definition) is 5. The minimum Gasteiger partial charge on any atom is -0.490 e. The van der Waals surface area contributed by atoms with Crippen molar-refractivity contribution >= 4 is 29.6 Å². The highest BCUT2D eigenvalue weighted by atomic mass is 16.5. The largest absolute Gasteiger partial charge is 0.490 e. The van der Waals surface area contributed by atoms with E-state index in [-0.39, 0.29) is 12.3 Å². The van der Waals surface area contributed by atoms with Crippen LogP contribution >= 0.6 is 0 Å². The van der Waals surface area contributed by atoms with Crippen molar-refractivity contribution in [2.45, 2.75) is 6.92 Å². The lowest BCUT2D eigenvalue weighted by molar-refractivity contribution is -0.120. The predicted molar refractivity (Wildman–Crippen MR) is 103 cm³/mol. The maximum atomic E-state index is 12.6. The summed E-state index contributed by atoms with van der Waals surface area (Å²) in [5, 5.41) is 2.57. The minimum absolute atomic E-state index is 0.141. The summed E-state index contributed by atoms with van der Waals surface area (Å²) >= 11 is 0. The fourth-order valence-corrected chi connectivity index (χ4v) is 2.66. The second kappa shape index (κ2) is 8.26. The number of imide groups is 1. The molecule has 0 unspecified atom stereocenters. The van der Waals surface area contributed by atoms with Crippen molar-refractivity contribution in [3.05, 3.63) is 59.8 Å². The number of para-hydroxylation sites is 1. The van der Waals surface area contributed by atoms with Gasteiger partial charge in [0.15, 0.2) is 18.1 Å². The molecule has 144 valence electrons. The Balaban J connectivity index is 1.86. The molecule has 0 atom stereocenters. The number of nitrogens with one attached hydrogen (secondary N) is 1. The number of primary amides is 1. The summed E-state index contributed by atoms with van der Waals surface area (Å²) in [6.45, 7) is 1.91. The molecule has 8 heteroatoms. The Morgan fingerprint density at radius 1 is 1.11 bits per heavy atom.